The molecule has 1 amide bonds. The van der Waals surface area contributed by atoms with E-state index >= 15 is 0 Å². The summed E-state index contributed by atoms with van der Waals surface area (Å²) >= 11 is 0. The molecule has 0 heterocycles. The number of nitrogens with zero attached hydrogens (tertiary/aromatic N) is 2. The summed E-state index contributed by atoms with van der Waals surface area (Å²) < 4.78 is 26.8. The molecule has 0 aliphatic heterocycles. The molecule has 0 aromatic heterocycles. The predicted molar refractivity (Wildman–Crippen MR) is 84.4 cm³/mol. The minimum atomic E-state index is -0.625. The molecule has 122 valence electrons. The third-order valence-electron chi connectivity index (χ3n) is 3.33. The second-order valence-corrected chi connectivity index (χ2v) is 5.56. The Morgan fingerprint density at radius 1 is 1.23 bits per heavy atom. The summed E-state index contributed by atoms with van der Waals surface area (Å²) in [6.45, 7) is 5.01. The van der Waals surface area contributed by atoms with Crippen molar-refractivity contribution in [1.82, 2.24) is 9.80 Å². The van der Waals surface area contributed by atoms with Crippen molar-refractivity contribution in [1.29, 1.82) is 0 Å². The molecule has 0 saturated heterocycles. The molecule has 0 unspecified atom stereocenters. The van der Waals surface area contributed by atoms with Gasteiger partial charge in [0.1, 0.15) is 11.6 Å². The Labute approximate surface area is 131 Å². The lowest BCUT2D eigenvalue weighted by molar-refractivity contribution is -0.127. The third kappa shape index (κ3) is 5.56. The van der Waals surface area contributed by atoms with E-state index in [0.29, 0.717) is 24.2 Å². The van der Waals surface area contributed by atoms with E-state index in [4.69, 9.17) is 0 Å². The number of carbonyl (C=O) groups is 1. The Kier molecular flexibility index (Phi) is 7.18. The third-order valence-corrected chi connectivity index (χ3v) is 3.33. The van der Waals surface area contributed by atoms with E-state index in [1.54, 1.807) is 11.8 Å². The molecular formula is C17H24F2N2O. The van der Waals surface area contributed by atoms with Gasteiger partial charge in [-0.2, -0.15) is 0 Å². The van der Waals surface area contributed by atoms with Crippen LogP contribution in [0.1, 0.15) is 25.8 Å². The SMILES string of the molecule is CCC=C(C)C(=O)N(CCN(C)C)Cc1ccc(F)cc1F. The molecule has 0 bridgehead atoms. The molecule has 0 spiro atoms. The van der Waals surface area contributed by atoms with Crippen molar-refractivity contribution >= 4 is 5.91 Å². The van der Waals surface area contributed by atoms with Crippen LogP contribution in [0, 0.1) is 11.6 Å². The van der Waals surface area contributed by atoms with Crippen molar-refractivity contribution in [3.05, 3.63) is 47.0 Å². The zero-order valence-electron chi connectivity index (χ0n) is 13.7. The van der Waals surface area contributed by atoms with Crippen molar-refractivity contribution in [2.45, 2.75) is 26.8 Å². The highest BCUT2D eigenvalue weighted by Gasteiger charge is 2.17. The van der Waals surface area contributed by atoms with Gasteiger partial charge < -0.3 is 9.80 Å². The van der Waals surface area contributed by atoms with Gasteiger partial charge >= 0.3 is 0 Å². The van der Waals surface area contributed by atoms with Crippen molar-refractivity contribution in [2.75, 3.05) is 27.2 Å². The van der Waals surface area contributed by atoms with Crippen LogP contribution in [0.4, 0.5) is 8.78 Å². The largest absolute Gasteiger partial charge is 0.333 e. The predicted octanol–water partition coefficient (Wildman–Crippen LogP) is 3.21. The summed E-state index contributed by atoms with van der Waals surface area (Å²) in [6, 6.07) is 3.44. The number of halogens is 2. The highest BCUT2D eigenvalue weighted by molar-refractivity contribution is 5.92. The van der Waals surface area contributed by atoms with Crippen LogP contribution in [-0.2, 0) is 11.3 Å². The van der Waals surface area contributed by atoms with Crippen LogP contribution < -0.4 is 0 Å². The molecule has 0 aliphatic carbocycles. The highest BCUT2D eigenvalue weighted by atomic mass is 19.1. The first kappa shape index (κ1) is 18.3. The number of carbonyl (C=O) groups excluding carboxylic acids is 1. The average molecular weight is 310 g/mol. The van der Waals surface area contributed by atoms with E-state index in [1.807, 2.05) is 32.0 Å². The molecule has 1 aromatic rings. The van der Waals surface area contributed by atoms with Crippen molar-refractivity contribution < 1.29 is 13.6 Å². The van der Waals surface area contributed by atoms with Gasteiger partial charge in [-0.05, 0) is 33.5 Å². The van der Waals surface area contributed by atoms with Gasteiger partial charge in [-0.15, -0.1) is 0 Å². The summed E-state index contributed by atoms with van der Waals surface area (Å²) in [5.74, 6) is -1.36. The van der Waals surface area contributed by atoms with Crippen LogP contribution in [0.3, 0.4) is 0 Å². The van der Waals surface area contributed by atoms with Gasteiger partial charge in [0, 0.05) is 36.8 Å². The van der Waals surface area contributed by atoms with Crippen molar-refractivity contribution in [3.63, 3.8) is 0 Å². The van der Waals surface area contributed by atoms with Crippen LogP contribution in [0.5, 0.6) is 0 Å². The normalized spacial score (nSPS) is 11.9. The Bertz CT molecular complexity index is 541. The lowest BCUT2D eigenvalue weighted by Crippen LogP contribution is -2.37. The summed E-state index contributed by atoms with van der Waals surface area (Å²) in [4.78, 5) is 16.0. The molecule has 0 N–H and O–H groups in total. The molecule has 1 rings (SSSR count). The topological polar surface area (TPSA) is 23.6 Å². The molecule has 0 aliphatic rings. The number of allylic oxidation sites excluding steroid dienone is 1. The van der Waals surface area contributed by atoms with Gasteiger partial charge in [0.2, 0.25) is 5.91 Å². The zero-order valence-corrected chi connectivity index (χ0v) is 13.7. The van der Waals surface area contributed by atoms with E-state index in [0.717, 1.165) is 12.5 Å². The van der Waals surface area contributed by atoms with Crippen LogP contribution in [0.15, 0.2) is 29.8 Å². The summed E-state index contributed by atoms with van der Waals surface area (Å²) in [5.41, 5.74) is 0.960. The zero-order chi connectivity index (χ0) is 16.7. The lowest BCUT2D eigenvalue weighted by atomic mass is 10.1. The van der Waals surface area contributed by atoms with E-state index in [2.05, 4.69) is 0 Å². The van der Waals surface area contributed by atoms with Crippen LogP contribution in [0.25, 0.3) is 0 Å². The molecule has 3 nitrogen and oxygen atoms in total. The maximum absolute atomic E-state index is 13.8. The first-order chi connectivity index (χ1) is 10.3. The highest BCUT2D eigenvalue weighted by Crippen LogP contribution is 2.14. The van der Waals surface area contributed by atoms with E-state index < -0.39 is 11.6 Å². The van der Waals surface area contributed by atoms with Crippen LogP contribution in [0.2, 0.25) is 0 Å². The van der Waals surface area contributed by atoms with E-state index in [-0.39, 0.29) is 12.5 Å². The van der Waals surface area contributed by atoms with Gasteiger partial charge in [-0.1, -0.05) is 19.1 Å². The van der Waals surface area contributed by atoms with Gasteiger partial charge in [-0.3, -0.25) is 4.79 Å². The first-order valence-electron chi connectivity index (χ1n) is 7.39. The number of benzene rings is 1. The van der Waals surface area contributed by atoms with Gasteiger partial charge in [-0.25, -0.2) is 8.78 Å². The standard InChI is InChI=1S/C17H24F2N2O/c1-5-6-13(2)17(22)21(10-9-20(3)4)12-14-7-8-15(18)11-16(14)19/h6-8,11H,5,9-10,12H2,1-4H3. The number of amides is 1. The monoisotopic (exact) mass is 310 g/mol. The quantitative estimate of drug-likeness (QED) is 0.722. The van der Waals surface area contributed by atoms with Crippen LogP contribution in [-0.4, -0.2) is 42.9 Å². The summed E-state index contributed by atoms with van der Waals surface area (Å²) in [7, 11) is 3.83. The molecule has 0 saturated carbocycles. The maximum atomic E-state index is 13.8. The molecule has 0 atom stereocenters. The minimum absolute atomic E-state index is 0.118. The van der Waals surface area contributed by atoms with Crippen molar-refractivity contribution in [2.24, 2.45) is 0 Å². The lowest BCUT2D eigenvalue weighted by Gasteiger charge is -2.25. The fourth-order valence-corrected chi connectivity index (χ4v) is 2.07. The number of hydrogen-bond acceptors (Lipinski definition) is 2. The molecule has 0 fully saturated rings. The molecule has 5 heteroatoms. The summed E-state index contributed by atoms with van der Waals surface area (Å²) in [5, 5.41) is 0. The molecule has 0 radical (unpaired) electrons. The van der Waals surface area contributed by atoms with Gasteiger partial charge in [0.25, 0.3) is 0 Å². The molecular weight excluding hydrogens is 286 g/mol. The fraction of sp³-hybridized carbons (Fsp3) is 0.471. The Balaban J connectivity index is 2.94. The second kappa shape index (κ2) is 8.63. The average Bonchev–Trinajstić information content (AvgIpc) is 2.44. The van der Waals surface area contributed by atoms with E-state index in [1.165, 1.54) is 12.1 Å². The fourth-order valence-electron chi connectivity index (χ4n) is 2.07. The molecule has 22 heavy (non-hydrogen) atoms. The molecule has 1 aromatic carbocycles. The number of likely N-dealkylation sites (N-methyl/N-ethyl adjacent to an activating group) is 1. The summed E-state index contributed by atoms with van der Waals surface area (Å²) in [6.07, 6.45) is 2.62. The van der Waals surface area contributed by atoms with Crippen molar-refractivity contribution in [3.8, 4) is 0 Å². The minimum Gasteiger partial charge on any atom is -0.333 e. The Hall–Kier alpha value is -1.75. The second-order valence-electron chi connectivity index (χ2n) is 5.56. The number of rotatable bonds is 7. The first-order valence-corrected chi connectivity index (χ1v) is 7.39. The maximum Gasteiger partial charge on any atom is 0.249 e. The van der Waals surface area contributed by atoms with E-state index in [9.17, 15) is 13.6 Å². The Morgan fingerprint density at radius 3 is 2.45 bits per heavy atom. The van der Waals surface area contributed by atoms with Crippen LogP contribution >= 0.6 is 0 Å². The van der Waals surface area contributed by atoms with Gasteiger partial charge in [0.15, 0.2) is 0 Å². The Morgan fingerprint density at radius 2 is 1.91 bits per heavy atom. The number of hydrogen-bond donors (Lipinski definition) is 0. The smallest absolute Gasteiger partial charge is 0.249 e. The van der Waals surface area contributed by atoms with Gasteiger partial charge in [0.05, 0.1) is 0 Å².